The van der Waals surface area contributed by atoms with Crippen LogP contribution in [-0.4, -0.2) is 60.8 Å². The number of nitrogens with two attached hydrogens (primary N) is 5. The number of primary amides is 1. The van der Waals surface area contributed by atoms with Crippen LogP contribution in [0, 0.1) is 0 Å². The average molecular weight is 582 g/mol. The van der Waals surface area contributed by atoms with E-state index in [4.69, 9.17) is 28.7 Å². The van der Waals surface area contributed by atoms with Crippen LogP contribution in [0.3, 0.4) is 0 Å². The van der Waals surface area contributed by atoms with Crippen molar-refractivity contribution in [2.45, 2.75) is 63.1 Å². The van der Waals surface area contributed by atoms with Gasteiger partial charge in [-0.15, -0.1) is 0 Å². The second kappa shape index (κ2) is 17.9. The molecule has 0 saturated carbocycles. The summed E-state index contributed by atoms with van der Waals surface area (Å²) in [5.41, 5.74) is 29.7. The minimum atomic E-state index is -1.08. The fourth-order valence-electron chi connectivity index (χ4n) is 4.22. The van der Waals surface area contributed by atoms with E-state index in [0.717, 1.165) is 11.1 Å². The Kier molecular flexibility index (Phi) is 14.3. The molecule has 13 nitrogen and oxygen atoms in total. The first-order valence-electron chi connectivity index (χ1n) is 13.9. The molecule has 0 bridgehead atoms. The van der Waals surface area contributed by atoms with Gasteiger partial charge in [-0.25, -0.2) is 0 Å². The maximum absolute atomic E-state index is 13.5. The summed E-state index contributed by atoms with van der Waals surface area (Å²) in [6.45, 7) is 0.687. The fourth-order valence-corrected chi connectivity index (χ4v) is 4.22. The number of amides is 4. The number of carbonyl (C=O) groups is 4. The Labute approximate surface area is 246 Å². The van der Waals surface area contributed by atoms with E-state index < -0.39 is 35.8 Å². The molecule has 0 aliphatic carbocycles. The zero-order chi connectivity index (χ0) is 30.9. The number of anilines is 1. The third-order valence-corrected chi connectivity index (χ3v) is 6.46. The van der Waals surface area contributed by atoms with Crippen molar-refractivity contribution in [2.24, 2.45) is 27.9 Å². The van der Waals surface area contributed by atoms with Crippen LogP contribution in [0.5, 0.6) is 0 Å². The van der Waals surface area contributed by atoms with E-state index in [-0.39, 0.29) is 37.7 Å². The predicted octanol–water partition coefficient (Wildman–Crippen LogP) is -0.824. The number of nitrogens with one attached hydrogen (secondary N) is 3. The van der Waals surface area contributed by atoms with Crippen LogP contribution in [-0.2, 0) is 32.0 Å². The highest BCUT2D eigenvalue weighted by Crippen LogP contribution is 2.11. The summed E-state index contributed by atoms with van der Waals surface area (Å²) >= 11 is 0. The number of hydrogen-bond acceptors (Lipinski definition) is 7. The van der Waals surface area contributed by atoms with Crippen LogP contribution in [0.4, 0.5) is 5.69 Å². The van der Waals surface area contributed by atoms with E-state index in [1.807, 2.05) is 30.3 Å². The van der Waals surface area contributed by atoms with Crippen molar-refractivity contribution in [1.29, 1.82) is 0 Å². The van der Waals surface area contributed by atoms with E-state index in [9.17, 15) is 19.2 Å². The molecule has 2 aromatic rings. The van der Waals surface area contributed by atoms with Gasteiger partial charge in [-0.3, -0.25) is 24.2 Å². The van der Waals surface area contributed by atoms with Crippen LogP contribution < -0.4 is 44.6 Å². The monoisotopic (exact) mass is 581 g/mol. The Morgan fingerprint density at radius 3 is 1.95 bits per heavy atom. The van der Waals surface area contributed by atoms with Gasteiger partial charge in [0.1, 0.15) is 18.1 Å². The quantitative estimate of drug-likeness (QED) is 0.0477. The predicted molar refractivity (Wildman–Crippen MR) is 163 cm³/mol. The minimum Gasteiger partial charge on any atom is -0.399 e. The van der Waals surface area contributed by atoms with Crippen molar-refractivity contribution in [3.05, 3.63) is 65.7 Å². The molecule has 0 aliphatic rings. The largest absolute Gasteiger partial charge is 0.399 e. The summed E-state index contributed by atoms with van der Waals surface area (Å²) < 4.78 is 0. The lowest BCUT2D eigenvalue weighted by Crippen LogP contribution is -2.57. The van der Waals surface area contributed by atoms with Crippen molar-refractivity contribution in [1.82, 2.24) is 16.0 Å². The van der Waals surface area contributed by atoms with Gasteiger partial charge in [0.05, 0.1) is 6.42 Å². The van der Waals surface area contributed by atoms with Gasteiger partial charge >= 0.3 is 0 Å². The lowest BCUT2D eigenvalue weighted by molar-refractivity contribution is -0.133. The number of nitrogen functional groups attached to an aromatic ring is 1. The molecule has 13 N–H and O–H groups in total. The Morgan fingerprint density at radius 2 is 1.33 bits per heavy atom. The van der Waals surface area contributed by atoms with E-state index in [1.54, 1.807) is 24.3 Å². The van der Waals surface area contributed by atoms with Crippen LogP contribution >= 0.6 is 0 Å². The summed E-state index contributed by atoms with van der Waals surface area (Å²) in [6.07, 6.45) is 2.35. The molecular weight excluding hydrogens is 538 g/mol. The molecule has 0 saturated heterocycles. The van der Waals surface area contributed by atoms with Crippen molar-refractivity contribution in [3.63, 3.8) is 0 Å². The topological polar surface area (TPSA) is 247 Å². The van der Waals surface area contributed by atoms with Gasteiger partial charge in [0.2, 0.25) is 23.6 Å². The number of carbonyl (C=O) groups excluding carboxylic acids is 4. The number of rotatable bonds is 18. The zero-order valence-corrected chi connectivity index (χ0v) is 23.8. The summed E-state index contributed by atoms with van der Waals surface area (Å²) in [5.74, 6) is -2.30. The second-order valence-corrected chi connectivity index (χ2v) is 9.99. The van der Waals surface area contributed by atoms with Gasteiger partial charge in [0.25, 0.3) is 0 Å². The number of hydrogen-bond donors (Lipinski definition) is 8. The average Bonchev–Trinajstić information content (AvgIpc) is 2.95. The van der Waals surface area contributed by atoms with Crippen molar-refractivity contribution < 1.29 is 19.2 Å². The van der Waals surface area contributed by atoms with Crippen molar-refractivity contribution in [3.8, 4) is 0 Å². The molecule has 0 spiro atoms. The molecule has 0 aliphatic heterocycles. The molecule has 2 rings (SSSR count). The number of guanidine groups is 1. The van der Waals surface area contributed by atoms with Crippen LogP contribution in [0.15, 0.2) is 59.6 Å². The lowest BCUT2D eigenvalue weighted by Gasteiger charge is -2.25. The third-order valence-electron chi connectivity index (χ3n) is 6.46. The van der Waals surface area contributed by atoms with E-state index >= 15 is 0 Å². The number of nitrogens with zero attached hydrogens (tertiary/aromatic N) is 1. The summed E-state index contributed by atoms with van der Waals surface area (Å²) in [6, 6.07) is 13.0. The number of aliphatic imine (C=N–C) groups is 1. The smallest absolute Gasteiger partial charge is 0.243 e. The highest BCUT2D eigenvalue weighted by molar-refractivity contribution is 5.94. The normalized spacial score (nSPS) is 12.8. The van der Waals surface area contributed by atoms with Crippen LogP contribution in [0.1, 0.15) is 43.2 Å². The molecule has 3 atom stereocenters. The molecule has 2 aromatic carbocycles. The summed E-state index contributed by atoms with van der Waals surface area (Å²) in [4.78, 5) is 55.7. The molecule has 0 fully saturated rings. The Bertz CT molecular complexity index is 1190. The molecular formula is C29H43N9O4. The fraction of sp³-hybridized carbons (Fsp3) is 0.414. The van der Waals surface area contributed by atoms with Gasteiger partial charge in [-0.05, 0) is 61.9 Å². The second-order valence-electron chi connectivity index (χ2n) is 9.99. The van der Waals surface area contributed by atoms with Gasteiger partial charge in [-0.2, -0.15) is 0 Å². The van der Waals surface area contributed by atoms with E-state index in [0.29, 0.717) is 37.9 Å². The minimum absolute atomic E-state index is 0.0854. The third kappa shape index (κ3) is 12.7. The van der Waals surface area contributed by atoms with Gasteiger partial charge in [0.15, 0.2) is 5.96 Å². The van der Waals surface area contributed by atoms with Gasteiger partial charge in [-0.1, -0.05) is 42.5 Å². The summed E-state index contributed by atoms with van der Waals surface area (Å²) in [5, 5.41) is 8.20. The maximum atomic E-state index is 13.5. The molecule has 0 unspecified atom stereocenters. The molecule has 0 heterocycles. The van der Waals surface area contributed by atoms with Gasteiger partial charge < -0.3 is 44.6 Å². The number of benzene rings is 2. The van der Waals surface area contributed by atoms with E-state index in [2.05, 4.69) is 20.9 Å². The maximum Gasteiger partial charge on any atom is 0.243 e. The molecule has 4 amide bonds. The molecule has 0 aromatic heterocycles. The Morgan fingerprint density at radius 1 is 0.714 bits per heavy atom. The Hall–Kier alpha value is -4.65. The number of unbranched alkanes of at least 4 members (excludes halogenated alkanes) is 1. The zero-order valence-electron chi connectivity index (χ0n) is 23.8. The van der Waals surface area contributed by atoms with Crippen molar-refractivity contribution in [2.75, 3.05) is 18.8 Å². The van der Waals surface area contributed by atoms with Crippen LogP contribution in [0.25, 0.3) is 0 Å². The Balaban J connectivity index is 2.20. The first kappa shape index (κ1) is 33.6. The molecule has 0 radical (unpaired) electrons. The standard InChI is InChI=1S/C29H43N9O4/c30-15-5-4-9-23(36-25(39)18-19-7-2-1-3-8-19)27(41)38-24(17-20-11-13-21(31)14-12-20)28(42)37-22(26(32)40)10-6-16-35-29(33)34/h1-3,7-8,11-14,22-24H,4-6,9-10,15-18,30-31H2,(H2,32,40)(H,36,39)(H,37,42)(H,38,41)(H4,33,34,35)/t22-,23-,24-/m0/s1. The first-order chi connectivity index (χ1) is 20.1. The highest BCUT2D eigenvalue weighted by Gasteiger charge is 2.29. The highest BCUT2D eigenvalue weighted by atomic mass is 16.2. The van der Waals surface area contributed by atoms with Gasteiger partial charge in [0, 0.05) is 18.7 Å². The van der Waals surface area contributed by atoms with E-state index in [1.165, 1.54) is 0 Å². The van der Waals surface area contributed by atoms with Crippen molar-refractivity contribution >= 4 is 35.3 Å². The SMILES string of the molecule is NCCCC[C@H](NC(=O)Cc1ccccc1)C(=O)N[C@@H](Cc1ccc(N)cc1)C(=O)N[C@@H](CCCN=C(N)N)C(N)=O. The summed E-state index contributed by atoms with van der Waals surface area (Å²) in [7, 11) is 0. The molecule has 228 valence electrons. The first-order valence-corrected chi connectivity index (χ1v) is 13.9. The molecule has 42 heavy (non-hydrogen) atoms. The molecule has 13 heteroatoms. The van der Waals surface area contributed by atoms with Crippen LogP contribution in [0.2, 0.25) is 0 Å². The lowest BCUT2D eigenvalue weighted by atomic mass is 10.0.